The summed E-state index contributed by atoms with van der Waals surface area (Å²) < 4.78 is 27.2. The third kappa shape index (κ3) is 3.49. The molecule has 0 aliphatic rings. The molecule has 0 spiro atoms. The molecule has 1 aromatic carbocycles. The second-order valence-corrected chi connectivity index (χ2v) is 4.05. The molecule has 0 aliphatic heterocycles. The highest BCUT2D eigenvalue weighted by Crippen LogP contribution is 2.23. The number of carbonyl (C=O) groups is 1. The number of carbonyl (C=O) groups excluding carboxylic acids is 1. The number of nitrogens with zero attached hydrogens (tertiary/aromatic N) is 1. The van der Waals surface area contributed by atoms with Crippen molar-refractivity contribution in [1.82, 2.24) is 10.2 Å². The molecular formula is C12H16F2N2O. The minimum Gasteiger partial charge on any atom is -0.354 e. The fourth-order valence-corrected chi connectivity index (χ4v) is 1.61. The molecule has 1 unspecified atom stereocenters. The van der Waals surface area contributed by atoms with E-state index < -0.39 is 17.7 Å². The monoisotopic (exact) mass is 242 g/mol. The highest BCUT2D eigenvalue weighted by molar-refractivity contribution is 5.72. The average Bonchev–Trinajstić information content (AvgIpc) is 2.21. The smallest absolute Gasteiger partial charge is 0.216 e. The van der Waals surface area contributed by atoms with Crippen LogP contribution in [0.25, 0.3) is 0 Å². The van der Waals surface area contributed by atoms with Crippen LogP contribution in [0.15, 0.2) is 18.2 Å². The zero-order valence-corrected chi connectivity index (χ0v) is 10.1. The second-order valence-electron chi connectivity index (χ2n) is 4.05. The molecule has 0 heterocycles. The Balaban J connectivity index is 3.01. The third-order valence-electron chi connectivity index (χ3n) is 2.50. The highest BCUT2D eigenvalue weighted by atomic mass is 19.1. The van der Waals surface area contributed by atoms with E-state index >= 15 is 0 Å². The zero-order chi connectivity index (χ0) is 13.0. The van der Waals surface area contributed by atoms with Crippen molar-refractivity contribution in [3.63, 3.8) is 0 Å². The van der Waals surface area contributed by atoms with Gasteiger partial charge in [0.15, 0.2) is 0 Å². The van der Waals surface area contributed by atoms with Crippen LogP contribution in [0, 0.1) is 11.6 Å². The average molecular weight is 242 g/mol. The maximum absolute atomic E-state index is 13.6. The maximum Gasteiger partial charge on any atom is 0.216 e. The van der Waals surface area contributed by atoms with Crippen molar-refractivity contribution in [3.8, 4) is 0 Å². The summed E-state index contributed by atoms with van der Waals surface area (Å²) in [6.07, 6.45) is 0. The van der Waals surface area contributed by atoms with E-state index in [9.17, 15) is 13.6 Å². The summed E-state index contributed by atoms with van der Waals surface area (Å²) >= 11 is 0. The Bertz CT molecular complexity index is 387. The Morgan fingerprint density at radius 1 is 1.35 bits per heavy atom. The topological polar surface area (TPSA) is 32.3 Å². The van der Waals surface area contributed by atoms with E-state index in [1.54, 1.807) is 19.0 Å². The predicted molar refractivity (Wildman–Crippen MR) is 61.5 cm³/mol. The molecule has 3 nitrogen and oxygen atoms in total. The maximum atomic E-state index is 13.6. The molecule has 0 saturated heterocycles. The Morgan fingerprint density at radius 2 is 1.88 bits per heavy atom. The van der Waals surface area contributed by atoms with E-state index in [2.05, 4.69) is 5.32 Å². The van der Waals surface area contributed by atoms with Crippen LogP contribution >= 0.6 is 0 Å². The van der Waals surface area contributed by atoms with Crippen LogP contribution in [0.5, 0.6) is 0 Å². The minimum atomic E-state index is -0.603. The molecule has 1 amide bonds. The standard InChI is InChI=1S/C12H16F2N2O/c1-8(17)15-7-11(16(2)3)12-9(13)5-4-6-10(12)14/h4-6,11H,7H2,1-3H3,(H,15,17). The number of halogens is 2. The predicted octanol–water partition coefficient (Wildman–Crippen LogP) is 1.70. The molecule has 0 saturated carbocycles. The second kappa shape index (κ2) is 5.72. The van der Waals surface area contributed by atoms with Crippen molar-refractivity contribution in [1.29, 1.82) is 0 Å². The van der Waals surface area contributed by atoms with Crippen LogP contribution in [-0.4, -0.2) is 31.4 Å². The van der Waals surface area contributed by atoms with Gasteiger partial charge in [0.25, 0.3) is 0 Å². The first-order valence-corrected chi connectivity index (χ1v) is 5.28. The summed E-state index contributed by atoms with van der Waals surface area (Å²) in [5.74, 6) is -1.43. The summed E-state index contributed by atoms with van der Waals surface area (Å²) in [6, 6.07) is 3.21. The molecule has 1 rings (SSSR count). The first-order chi connectivity index (χ1) is 7.93. The SMILES string of the molecule is CC(=O)NCC(c1c(F)cccc1F)N(C)C. The Labute approximate surface area is 99.4 Å². The molecule has 1 N–H and O–H groups in total. The van der Waals surface area contributed by atoms with Crippen molar-refractivity contribution in [3.05, 3.63) is 35.4 Å². The van der Waals surface area contributed by atoms with Gasteiger partial charge in [-0.1, -0.05) is 6.07 Å². The first kappa shape index (κ1) is 13.6. The molecule has 0 bridgehead atoms. The molecule has 0 fully saturated rings. The van der Waals surface area contributed by atoms with Gasteiger partial charge in [-0.3, -0.25) is 4.79 Å². The van der Waals surface area contributed by atoms with Gasteiger partial charge in [-0.25, -0.2) is 8.78 Å². The molecule has 1 atom stereocenters. The lowest BCUT2D eigenvalue weighted by Crippen LogP contribution is -2.34. The fourth-order valence-electron chi connectivity index (χ4n) is 1.61. The molecule has 17 heavy (non-hydrogen) atoms. The van der Waals surface area contributed by atoms with Gasteiger partial charge in [0.05, 0.1) is 6.04 Å². The van der Waals surface area contributed by atoms with E-state index in [4.69, 9.17) is 0 Å². The van der Waals surface area contributed by atoms with Gasteiger partial charge in [0.2, 0.25) is 5.91 Å². The summed E-state index contributed by atoms with van der Waals surface area (Å²) in [6.45, 7) is 1.53. The lowest BCUT2D eigenvalue weighted by atomic mass is 10.0. The molecule has 0 aliphatic carbocycles. The first-order valence-electron chi connectivity index (χ1n) is 5.28. The van der Waals surface area contributed by atoms with Gasteiger partial charge < -0.3 is 10.2 Å². The summed E-state index contributed by atoms with van der Waals surface area (Å²) in [7, 11) is 3.41. The number of benzene rings is 1. The fraction of sp³-hybridized carbons (Fsp3) is 0.417. The van der Waals surface area contributed by atoms with Gasteiger partial charge >= 0.3 is 0 Å². The largest absolute Gasteiger partial charge is 0.354 e. The Kier molecular flexibility index (Phi) is 4.57. The van der Waals surface area contributed by atoms with Crippen molar-refractivity contribution in [2.45, 2.75) is 13.0 Å². The number of rotatable bonds is 4. The van der Waals surface area contributed by atoms with Crippen LogP contribution in [0.2, 0.25) is 0 Å². The Morgan fingerprint density at radius 3 is 2.29 bits per heavy atom. The van der Waals surface area contributed by atoms with Gasteiger partial charge in [-0.05, 0) is 26.2 Å². The van der Waals surface area contributed by atoms with E-state index in [0.29, 0.717) is 0 Å². The summed E-state index contributed by atoms with van der Waals surface area (Å²) in [4.78, 5) is 12.5. The number of hydrogen-bond donors (Lipinski definition) is 1. The van der Waals surface area contributed by atoms with Crippen molar-refractivity contribution < 1.29 is 13.6 Å². The number of likely N-dealkylation sites (N-methyl/N-ethyl adjacent to an activating group) is 1. The summed E-state index contributed by atoms with van der Waals surface area (Å²) in [5, 5.41) is 2.57. The van der Waals surface area contributed by atoms with Crippen molar-refractivity contribution in [2.24, 2.45) is 0 Å². The third-order valence-corrected chi connectivity index (χ3v) is 2.50. The van der Waals surface area contributed by atoms with Gasteiger partial charge in [-0.15, -0.1) is 0 Å². The lowest BCUT2D eigenvalue weighted by molar-refractivity contribution is -0.119. The lowest BCUT2D eigenvalue weighted by Gasteiger charge is -2.25. The van der Waals surface area contributed by atoms with E-state index in [1.807, 2.05) is 0 Å². The number of hydrogen-bond acceptors (Lipinski definition) is 2. The molecule has 1 aromatic rings. The normalized spacial score (nSPS) is 12.6. The van der Waals surface area contributed by atoms with Crippen LogP contribution < -0.4 is 5.32 Å². The highest BCUT2D eigenvalue weighted by Gasteiger charge is 2.22. The number of nitrogens with one attached hydrogen (secondary N) is 1. The minimum absolute atomic E-state index is 0.0220. The molecule has 0 aromatic heterocycles. The Hall–Kier alpha value is -1.49. The van der Waals surface area contributed by atoms with E-state index in [0.717, 1.165) is 0 Å². The molecule has 94 valence electrons. The van der Waals surface area contributed by atoms with Crippen molar-refractivity contribution >= 4 is 5.91 Å². The molecule has 5 heteroatoms. The molecule has 0 radical (unpaired) electrons. The van der Waals surface area contributed by atoms with Crippen LogP contribution in [0.4, 0.5) is 8.78 Å². The van der Waals surface area contributed by atoms with Crippen LogP contribution in [0.1, 0.15) is 18.5 Å². The van der Waals surface area contributed by atoms with Gasteiger partial charge in [-0.2, -0.15) is 0 Å². The zero-order valence-electron chi connectivity index (χ0n) is 10.1. The van der Waals surface area contributed by atoms with E-state index in [1.165, 1.54) is 25.1 Å². The van der Waals surface area contributed by atoms with Crippen molar-refractivity contribution in [2.75, 3.05) is 20.6 Å². The number of amides is 1. The quantitative estimate of drug-likeness (QED) is 0.871. The summed E-state index contributed by atoms with van der Waals surface area (Å²) in [5.41, 5.74) is -0.0220. The molecular weight excluding hydrogens is 226 g/mol. The van der Waals surface area contributed by atoms with Gasteiger partial charge in [0, 0.05) is 19.0 Å². The van der Waals surface area contributed by atoms with Gasteiger partial charge in [0.1, 0.15) is 11.6 Å². The van der Waals surface area contributed by atoms with E-state index in [-0.39, 0.29) is 18.0 Å². The van der Waals surface area contributed by atoms with Crippen LogP contribution in [0.3, 0.4) is 0 Å². The van der Waals surface area contributed by atoms with Crippen LogP contribution in [-0.2, 0) is 4.79 Å².